The van der Waals surface area contributed by atoms with Gasteiger partial charge in [0, 0.05) is 25.2 Å². The van der Waals surface area contributed by atoms with E-state index in [2.05, 4.69) is 21.0 Å². The minimum atomic E-state index is 0.118. The summed E-state index contributed by atoms with van der Waals surface area (Å²) in [6.07, 6.45) is 4.90. The lowest BCUT2D eigenvalue weighted by atomic mass is 10.0. The number of methoxy groups -OCH3 is 1. The molecule has 0 unspecified atom stereocenters. The van der Waals surface area contributed by atoms with E-state index in [1.807, 2.05) is 13.2 Å². The normalized spacial score (nSPS) is 10.5. The summed E-state index contributed by atoms with van der Waals surface area (Å²) in [5.41, 5.74) is 1.76. The van der Waals surface area contributed by atoms with Crippen LogP contribution in [0.4, 0.5) is 0 Å². The molecule has 5 heteroatoms. The molecule has 0 aliphatic carbocycles. The molecule has 2 rings (SSSR count). The van der Waals surface area contributed by atoms with E-state index in [1.165, 1.54) is 0 Å². The summed E-state index contributed by atoms with van der Waals surface area (Å²) in [6, 6.07) is 5.38. The summed E-state index contributed by atoms with van der Waals surface area (Å²) < 4.78 is 7.68. The van der Waals surface area contributed by atoms with Crippen molar-refractivity contribution in [3.05, 3.63) is 46.2 Å². The van der Waals surface area contributed by atoms with Crippen molar-refractivity contribution in [2.24, 2.45) is 7.05 Å². The second-order valence-corrected chi connectivity index (χ2v) is 5.15. The van der Waals surface area contributed by atoms with Crippen molar-refractivity contribution >= 4 is 21.7 Å². The number of aryl methyl sites for hydroxylation is 2. The van der Waals surface area contributed by atoms with E-state index in [1.54, 1.807) is 36.2 Å². The number of halogens is 1. The van der Waals surface area contributed by atoms with Gasteiger partial charge in [-0.3, -0.25) is 9.48 Å². The Hall–Kier alpha value is -1.62. The highest BCUT2D eigenvalue weighted by atomic mass is 79.9. The fraction of sp³-hybridized carbons (Fsp3) is 0.286. The zero-order valence-electron chi connectivity index (χ0n) is 10.9. The lowest BCUT2D eigenvalue weighted by Crippen LogP contribution is -2.01. The average molecular weight is 323 g/mol. The van der Waals surface area contributed by atoms with Crippen molar-refractivity contribution in [1.82, 2.24) is 9.78 Å². The maximum Gasteiger partial charge on any atom is 0.163 e. The first-order valence-electron chi connectivity index (χ1n) is 5.94. The number of aromatic nitrogens is 2. The molecule has 0 atom stereocenters. The van der Waals surface area contributed by atoms with Crippen LogP contribution in [0.5, 0.6) is 5.75 Å². The average Bonchev–Trinajstić information content (AvgIpc) is 2.81. The van der Waals surface area contributed by atoms with Gasteiger partial charge in [0.25, 0.3) is 0 Å². The number of hydrogen-bond donors (Lipinski definition) is 0. The van der Waals surface area contributed by atoms with Gasteiger partial charge in [-0.2, -0.15) is 5.10 Å². The maximum absolute atomic E-state index is 12.1. The molecule has 0 aliphatic rings. The number of carbonyl (C=O) groups is 1. The minimum absolute atomic E-state index is 0.118. The molecular formula is C14H15BrN2O2. The topological polar surface area (TPSA) is 44.1 Å². The van der Waals surface area contributed by atoms with Crippen LogP contribution < -0.4 is 4.74 Å². The number of ether oxygens (including phenoxy) is 1. The molecule has 0 aliphatic heterocycles. The van der Waals surface area contributed by atoms with Gasteiger partial charge in [0.2, 0.25) is 0 Å². The van der Waals surface area contributed by atoms with Crippen LogP contribution >= 0.6 is 15.9 Å². The summed E-state index contributed by atoms with van der Waals surface area (Å²) >= 11 is 3.38. The third-order valence-electron chi connectivity index (χ3n) is 2.87. The van der Waals surface area contributed by atoms with E-state index in [9.17, 15) is 4.79 Å². The van der Waals surface area contributed by atoms with Gasteiger partial charge in [-0.25, -0.2) is 0 Å². The van der Waals surface area contributed by atoms with Crippen LogP contribution in [0.2, 0.25) is 0 Å². The van der Waals surface area contributed by atoms with Crippen LogP contribution in [0.1, 0.15) is 22.3 Å². The van der Waals surface area contributed by atoms with Gasteiger partial charge in [0.15, 0.2) is 5.78 Å². The number of nitrogens with zero attached hydrogens (tertiary/aromatic N) is 2. The number of benzene rings is 1. The molecule has 0 bridgehead atoms. The predicted octanol–water partition coefficient (Wildman–Crippen LogP) is 3.01. The Morgan fingerprint density at radius 3 is 2.84 bits per heavy atom. The van der Waals surface area contributed by atoms with Crippen molar-refractivity contribution in [3.63, 3.8) is 0 Å². The SMILES string of the molecule is COc1ccc(C(=O)CCc2cnn(C)c2)cc1Br. The van der Waals surface area contributed by atoms with E-state index in [0.29, 0.717) is 18.4 Å². The Kier molecular flexibility index (Phi) is 4.37. The van der Waals surface area contributed by atoms with E-state index < -0.39 is 0 Å². The van der Waals surface area contributed by atoms with E-state index >= 15 is 0 Å². The Bertz CT molecular complexity index is 593. The summed E-state index contributed by atoms with van der Waals surface area (Å²) in [4.78, 5) is 12.1. The van der Waals surface area contributed by atoms with Crippen LogP contribution in [0.15, 0.2) is 35.1 Å². The lowest BCUT2D eigenvalue weighted by molar-refractivity contribution is 0.0982. The van der Waals surface area contributed by atoms with E-state index in [0.717, 1.165) is 15.8 Å². The van der Waals surface area contributed by atoms with Crippen molar-refractivity contribution in [2.75, 3.05) is 7.11 Å². The van der Waals surface area contributed by atoms with Gasteiger partial charge < -0.3 is 4.74 Å². The third kappa shape index (κ3) is 3.44. The molecule has 1 aromatic heterocycles. The van der Waals surface area contributed by atoms with E-state index in [-0.39, 0.29) is 5.78 Å². The molecule has 1 aromatic carbocycles. The molecule has 0 spiro atoms. The van der Waals surface area contributed by atoms with Gasteiger partial charge in [0.1, 0.15) is 5.75 Å². The summed E-state index contributed by atoms with van der Waals surface area (Å²) in [5.74, 6) is 0.844. The van der Waals surface area contributed by atoms with Gasteiger partial charge >= 0.3 is 0 Å². The number of hydrogen-bond acceptors (Lipinski definition) is 3. The second-order valence-electron chi connectivity index (χ2n) is 4.29. The molecule has 0 fully saturated rings. The van der Waals surface area contributed by atoms with Gasteiger partial charge in [-0.1, -0.05) is 0 Å². The van der Waals surface area contributed by atoms with E-state index in [4.69, 9.17) is 4.74 Å². The Morgan fingerprint density at radius 1 is 1.47 bits per heavy atom. The summed E-state index contributed by atoms with van der Waals surface area (Å²) in [5, 5.41) is 4.09. The molecule has 100 valence electrons. The molecule has 19 heavy (non-hydrogen) atoms. The van der Waals surface area contributed by atoms with Crippen molar-refractivity contribution in [2.45, 2.75) is 12.8 Å². The maximum atomic E-state index is 12.1. The largest absolute Gasteiger partial charge is 0.496 e. The highest BCUT2D eigenvalue weighted by Gasteiger charge is 2.09. The number of ketones is 1. The molecule has 0 N–H and O–H groups in total. The zero-order chi connectivity index (χ0) is 13.8. The monoisotopic (exact) mass is 322 g/mol. The van der Waals surface area contributed by atoms with Gasteiger partial charge in [0.05, 0.1) is 17.8 Å². The van der Waals surface area contributed by atoms with Crippen LogP contribution in [-0.4, -0.2) is 22.7 Å². The Morgan fingerprint density at radius 2 is 2.26 bits per heavy atom. The van der Waals surface area contributed by atoms with Crippen molar-refractivity contribution in [3.8, 4) is 5.75 Å². The first-order chi connectivity index (χ1) is 9.10. The molecule has 0 radical (unpaired) electrons. The third-order valence-corrected chi connectivity index (χ3v) is 3.49. The molecule has 0 saturated carbocycles. The number of carbonyl (C=O) groups excluding carboxylic acids is 1. The highest BCUT2D eigenvalue weighted by Crippen LogP contribution is 2.26. The summed E-state index contributed by atoms with van der Waals surface area (Å²) in [7, 11) is 3.47. The molecule has 0 amide bonds. The minimum Gasteiger partial charge on any atom is -0.496 e. The van der Waals surface area contributed by atoms with Crippen molar-refractivity contribution in [1.29, 1.82) is 0 Å². The fourth-order valence-corrected chi connectivity index (χ4v) is 2.38. The molecule has 2 aromatic rings. The van der Waals surface area contributed by atoms with Crippen molar-refractivity contribution < 1.29 is 9.53 Å². The predicted molar refractivity (Wildman–Crippen MR) is 76.6 cm³/mol. The van der Waals surface area contributed by atoms with Crippen LogP contribution in [-0.2, 0) is 13.5 Å². The lowest BCUT2D eigenvalue weighted by Gasteiger charge is -2.05. The molecule has 4 nitrogen and oxygen atoms in total. The molecule has 1 heterocycles. The van der Waals surface area contributed by atoms with Crippen LogP contribution in [0.3, 0.4) is 0 Å². The number of rotatable bonds is 5. The molecule has 0 saturated heterocycles. The van der Waals surface area contributed by atoms with Crippen LogP contribution in [0, 0.1) is 0 Å². The smallest absolute Gasteiger partial charge is 0.163 e. The standard InChI is InChI=1S/C14H15BrN2O2/c1-17-9-10(8-16-17)3-5-13(18)11-4-6-14(19-2)12(15)7-11/h4,6-9H,3,5H2,1-2H3. The second kappa shape index (κ2) is 6.02. The zero-order valence-corrected chi connectivity index (χ0v) is 12.5. The quantitative estimate of drug-likeness (QED) is 0.795. The van der Waals surface area contributed by atoms with Crippen LogP contribution in [0.25, 0.3) is 0 Å². The Labute approximate surface area is 120 Å². The highest BCUT2D eigenvalue weighted by molar-refractivity contribution is 9.10. The first kappa shape index (κ1) is 13.8. The van der Waals surface area contributed by atoms with Gasteiger partial charge in [-0.05, 0) is 46.1 Å². The molecular weight excluding hydrogens is 308 g/mol. The first-order valence-corrected chi connectivity index (χ1v) is 6.73. The summed E-state index contributed by atoms with van der Waals surface area (Å²) in [6.45, 7) is 0. The fourth-order valence-electron chi connectivity index (χ4n) is 1.84. The Balaban J connectivity index is 2.01. The number of Topliss-reactive ketones (excluding diaryl/α,β-unsaturated/α-hetero) is 1. The van der Waals surface area contributed by atoms with Gasteiger partial charge in [-0.15, -0.1) is 0 Å².